The van der Waals surface area contributed by atoms with Crippen molar-refractivity contribution >= 4 is 5.57 Å². The molecule has 1 heterocycles. The molecule has 0 spiro atoms. The van der Waals surface area contributed by atoms with Crippen LogP contribution < -0.4 is 4.74 Å². The van der Waals surface area contributed by atoms with E-state index in [2.05, 4.69) is 23.1 Å². The van der Waals surface area contributed by atoms with Crippen LogP contribution in [0.2, 0.25) is 0 Å². The van der Waals surface area contributed by atoms with Crippen molar-refractivity contribution in [1.29, 1.82) is 0 Å². The number of ether oxygens (including phenoxy) is 2. The molecule has 24 heavy (non-hydrogen) atoms. The van der Waals surface area contributed by atoms with Crippen LogP contribution in [0.4, 0.5) is 0 Å². The van der Waals surface area contributed by atoms with E-state index in [1.54, 1.807) is 0 Å². The van der Waals surface area contributed by atoms with Crippen molar-refractivity contribution in [1.82, 2.24) is 4.90 Å². The third kappa shape index (κ3) is 5.93. The Labute approximate surface area is 146 Å². The zero-order valence-corrected chi connectivity index (χ0v) is 15.4. The molecule has 0 saturated heterocycles. The number of para-hydroxylation sites is 1. The first kappa shape index (κ1) is 19.0. The van der Waals surface area contributed by atoms with Crippen LogP contribution in [0.5, 0.6) is 5.75 Å². The molecule has 0 fully saturated rings. The first-order chi connectivity index (χ1) is 11.4. The molecule has 1 atom stereocenters. The molecule has 4 heteroatoms. The molecule has 0 radical (unpaired) electrons. The summed E-state index contributed by atoms with van der Waals surface area (Å²) in [6.45, 7) is 11.5. The number of aliphatic hydroxyl groups excluding tert-OH is 1. The monoisotopic (exact) mass is 333 g/mol. The van der Waals surface area contributed by atoms with Gasteiger partial charge in [0, 0.05) is 25.2 Å². The summed E-state index contributed by atoms with van der Waals surface area (Å²) in [5.74, 6) is 0.957. The molecular weight excluding hydrogens is 302 g/mol. The molecule has 134 valence electrons. The second-order valence-corrected chi connectivity index (χ2v) is 7.25. The summed E-state index contributed by atoms with van der Waals surface area (Å²) >= 11 is 0. The van der Waals surface area contributed by atoms with Crippen molar-refractivity contribution in [3.63, 3.8) is 0 Å². The van der Waals surface area contributed by atoms with Gasteiger partial charge in [0.05, 0.1) is 24.9 Å². The molecule has 0 aromatic heterocycles. The van der Waals surface area contributed by atoms with E-state index in [-0.39, 0.29) is 5.60 Å². The molecule has 1 aromatic carbocycles. The van der Waals surface area contributed by atoms with Crippen molar-refractivity contribution in [2.24, 2.45) is 0 Å². The molecule has 1 N–H and O–H groups in total. The summed E-state index contributed by atoms with van der Waals surface area (Å²) in [5.41, 5.74) is 2.31. The Morgan fingerprint density at radius 3 is 2.62 bits per heavy atom. The first-order valence-electron chi connectivity index (χ1n) is 8.84. The molecule has 0 saturated carbocycles. The zero-order chi connectivity index (χ0) is 17.6. The molecule has 0 amide bonds. The lowest BCUT2D eigenvalue weighted by Crippen LogP contribution is -2.38. The highest BCUT2D eigenvalue weighted by Gasteiger charge is 2.19. The van der Waals surface area contributed by atoms with E-state index in [1.807, 2.05) is 39.8 Å². The van der Waals surface area contributed by atoms with Gasteiger partial charge in [-0.05, 0) is 45.8 Å². The maximum Gasteiger partial charge on any atom is 0.126 e. The second kappa shape index (κ2) is 8.65. The lowest BCUT2D eigenvalue weighted by molar-refractivity contribution is -0.0554. The molecule has 1 aromatic rings. The third-order valence-electron chi connectivity index (χ3n) is 4.00. The highest BCUT2D eigenvalue weighted by Crippen LogP contribution is 2.30. The lowest BCUT2D eigenvalue weighted by atomic mass is 9.98. The van der Waals surface area contributed by atoms with Crippen LogP contribution in [0, 0.1) is 0 Å². The average Bonchev–Trinajstić information content (AvgIpc) is 2.54. The average molecular weight is 333 g/mol. The predicted octanol–water partition coefficient (Wildman–Crippen LogP) is 3.35. The Kier molecular flexibility index (Phi) is 6.84. The number of aliphatic hydroxyl groups is 1. The van der Waals surface area contributed by atoms with E-state index in [4.69, 9.17) is 9.47 Å². The van der Waals surface area contributed by atoms with Gasteiger partial charge < -0.3 is 14.6 Å². The number of β-amino-alcohol motifs (C(OH)–C–C–N with tert-alkyl or cyclic N) is 1. The minimum atomic E-state index is -0.449. The van der Waals surface area contributed by atoms with Gasteiger partial charge in [-0.3, -0.25) is 4.90 Å². The smallest absolute Gasteiger partial charge is 0.126 e. The number of hydrogen-bond donors (Lipinski definition) is 1. The Hall–Kier alpha value is -1.36. The Bertz CT molecular complexity index is 548. The van der Waals surface area contributed by atoms with Gasteiger partial charge in [0.15, 0.2) is 0 Å². The Balaban J connectivity index is 1.90. The Morgan fingerprint density at radius 2 is 2.00 bits per heavy atom. The van der Waals surface area contributed by atoms with Crippen LogP contribution in [0.3, 0.4) is 0 Å². The fourth-order valence-corrected chi connectivity index (χ4v) is 2.83. The van der Waals surface area contributed by atoms with Gasteiger partial charge in [-0.15, -0.1) is 0 Å². The van der Waals surface area contributed by atoms with Crippen LogP contribution in [0.1, 0.15) is 39.7 Å². The van der Waals surface area contributed by atoms with Crippen molar-refractivity contribution in [3.8, 4) is 5.75 Å². The molecule has 1 aliphatic heterocycles. The number of rotatable bonds is 7. The van der Waals surface area contributed by atoms with E-state index in [1.165, 1.54) is 11.1 Å². The van der Waals surface area contributed by atoms with E-state index in [9.17, 15) is 5.11 Å². The molecule has 1 aliphatic rings. The van der Waals surface area contributed by atoms with Gasteiger partial charge in [-0.2, -0.15) is 0 Å². The maximum absolute atomic E-state index is 10.2. The second-order valence-electron chi connectivity index (χ2n) is 7.25. The zero-order valence-electron chi connectivity index (χ0n) is 15.4. The lowest BCUT2D eigenvalue weighted by Gasteiger charge is -2.30. The summed E-state index contributed by atoms with van der Waals surface area (Å²) in [4.78, 5) is 2.27. The largest absolute Gasteiger partial charge is 0.493 e. The summed E-state index contributed by atoms with van der Waals surface area (Å²) < 4.78 is 11.4. The quantitative estimate of drug-likeness (QED) is 0.831. The van der Waals surface area contributed by atoms with Gasteiger partial charge >= 0.3 is 0 Å². The summed E-state index contributed by atoms with van der Waals surface area (Å²) in [6.07, 6.45) is 2.77. The topological polar surface area (TPSA) is 41.9 Å². The van der Waals surface area contributed by atoms with Gasteiger partial charge in [0.25, 0.3) is 0 Å². The summed E-state index contributed by atoms with van der Waals surface area (Å²) in [7, 11) is 0. The van der Waals surface area contributed by atoms with Gasteiger partial charge in [0.2, 0.25) is 0 Å². The highest BCUT2D eigenvalue weighted by molar-refractivity contribution is 5.71. The molecule has 4 nitrogen and oxygen atoms in total. The van der Waals surface area contributed by atoms with E-state index < -0.39 is 6.10 Å². The van der Waals surface area contributed by atoms with Crippen LogP contribution >= 0.6 is 0 Å². The summed E-state index contributed by atoms with van der Waals surface area (Å²) in [5, 5.41) is 10.2. The van der Waals surface area contributed by atoms with Crippen LogP contribution in [-0.4, -0.2) is 54.6 Å². The van der Waals surface area contributed by atoms with Crippen molar-refractivity contribution in [3.05, 3.63) is 35.9 Å². The van der Waals surface area contributed by atoms with Gasteiger partial charge in [-0.25, -0.2) is 0 Å². The van der Waals surface area contributed by atoms with E-state index in [0.29, 0.717) is 19.8 Å². The van der Waals surface area contributed by atoms with Crippen LogP contribution in [0.15, 0.2) is 30.3 Å². The minimum Gasteiger partial charge on any atom is -0.493 e. The normalized spacial score (nSPS) is 17.5. The third-order valence-corrected chi connectivity index (χ3v) is 4.00. The van der Waals surface area contributed by atoms with Gasteiger partial charge in [0.1, 0.15) is 5.75 Å². The minimum absolute atomic E-state index is 0.209. The fourth-order valence-electron chi connectivity index (χ4n) is 2.83. The van der Waals surface area contributed by atoms with E-state index in [0.717, 1.165) is 25.3 Å². The van der Waals surface area contributed by atoms with Crippen LogP contribution in [0.25, 0.3) is 5.57 Å². The molecule has 0 bridgehead atoms. The number of nitrogens with zero attached hydrogens (tertiary/aromatic N) is 1. The molecular formula is C20H31NO3. The highest BCUT2D eigenvalue weighted by atomic mass is 16.5. The predicted molar refractivity (Wildman–Crippen MR) is 98.4 cm³/mol. The van der Waals surface area contributed by atoms with Crippen LogP contribution in [-0.2, 0) is 4.74 Å². The van der Waals surface area contributed by atoms with Crippen molar-refractivity contribution < 1.29 is 14.6 Å². The number of hydrogen-bond acceptors (Lipinski definition) is 4. The number of benzene rings is 1. The molecule has 0 aliphatic carbocycles. The first-order valence-corrected chi connectivity index (χ1v) is 8.84. The van der Waals surface area contributed by atoms with Gasteiger partial charge in [-0.1, -0.05) is 24.3 Å². The standard InChI is InChI=1S/C20H31NO3/c1-5-23-19-9-7-6-8-18(19)16-10-12-21(13-11-16)14-17(22)15-24-20(2,3)4/h6-10,17,22H,5,11-15H2,1-4H3. The molecule has 2 rings (SSSR count). The molecule has 1 unspecified atom stereocenters. The Morgan fingerprint density at radius 1 is 1.25 bits per heavy atom. The van der Waals surface area contributed by atoms with E-state index >= 15 is 0 Å². The SMILES string of the molecule is CCOc1ccccc1C1=CCN(CC(O)COC(C)(C)C)CC1. The fraction of sp³-hybridized carbons (Fsp3) is 0.600. The maximum atomic E-state index is 10.2. The van der Waals surface area contributed by atoms with Crippen molar-refractivity contribution in [2.75, 3.05) is 32.8 Å². The van der Waals surface area contributed by atoms with Crippen molar-refractivity contribution in [2.45, 2.75) is 45.8 Å². The summed E-state index contributed by atoms with van der Waals surface area (Å²) in [6, 6.07) is 8.21.